The van der Waals surface area contributed by atoms with E-state index in [4.69, 9.17) is 0 Å². The molecule has 20 heavy (non-hydrogen) atoms. The Balaban J connectivity index is 1.75. The van der Waals surface area contributed by atoms with Gasteiger partial charge in [0.2, 0.25) is 0 Å². The first-order valence-corrected chi connectivity index (χ1v) is 7.14. The SMILES string of the molecule is OC(Cc1nc(-c2ccccc2)cs1)c1cnccn1. The standard InChI is InChI=1S/C15H13N3OS/c19-14(12-9-16-6-7-17-12)8-15-18-13(10-20-15)11-4-2-1-3-5-11/h1-7,9-10,14,19H,8H2. The summed E-state index contributed by atoms with van der Waals surface area (Å²) in [6, 6.07) is 10.0. The van der Waals surface area contributed by atoms with Crippen LogP contribution in [-0.2, 0) is 6.42 Å². The lowest BCUT2D eigenvalue weighted by molar-refractivity contribution is 0.173. The van der Waals surface area contributed by atoms with Crippen molar-refractivity contribution < 1.29 is 5.11 Å². The highest BCUT2D eigenvalue weighted by Crippen LogP contribution is 2.24. The second-order valence-electron chi connectivity index (χ2n) is 4.34. The van der Waals surface area contributed by atoms with Crippen molar-refractivity contribution in [2.24, 2.45) is 0 Å². The van der Waals surface area contributed by atoms with Gasteiger partial charge >= 0.3 is 0 Å². The number of nitrogens with zero attached hydrogens (tertiary/aromatic N) is 3. The summed E-state index contributed by atoms with van der Waals surface area (Å²) in [5, 5.41) is 13.0. The van der Waals surface area contributed by atoms with Gasteiger partial charge in [-0.2, -0.15) is 0 Å². The topological polar surface area (TPSA) is 58.9 Å². The van der Waals surface area contributed by atoms with Gasteiger partial charge in [-0.05, 0) is 0 Å². The van der Waals surface area contributed by atoms with Crippen LogP contribution in [0.15, 0.2) is 54.3 Å². The number of hydrogen-bond donors (Lipinski definition) is 1. The number of thiazole rings is 1. The Morgan fingerprint density at radius 1 is 1.15 bits per heavy atom. The van der Waals surface area contributed by atoms with Crippen LogP contribution < -0.4 is 0 Å². The minimum Gasteiger partial charge on any atom is -0.386 e. The van der Waals surface area contributed by atoms with Crippen molar-refractivity contribution >= 4 is 11.3 Å². The van der Waals surface area contributed by atoms with Gasteiger partial charge in [-0.25, -0.2) is 4.98 Å². The molecule has 3 rings (SSSR count). The van der Waals surface area contributed by atoms with Crippen molar-refractivity contribution in [1.29, 1.82) is 0 Å². The molecule has 1 unspecified atom stereocenters. The molecule has 100 valence electrons. The summed E-state index contributed by atoms with van der Waals surface area (Å²) >= 11 is 1.55. The fourth-order valence-corrected chi connectivity index (χ4v) is 2.74. The molecule has 0 amide bonds. The normalized spacial score (nSPS) is 12.2. The van der Waals surface area contributed by atoms with Gasteiger partial charge in [0.05, 0.1) is 22.6 Å². The molecule has 1 aromatic carbocycles. The van der Waals surface area contributed by atoms with E-state index >= 15 is 0 Å². The average molecular weight is 283 g/mol. The molecule has 0 bridgehead atoms. The summed E-state index contributed by atoms with van der Waals surface area (Å²) in [5.74, 6) is 0. The van der Waals surface area contributed by atoms with Crippen molar-refractivity contribution in [2.45, 2.75) is 12.5 Å². The van der Waals surface area contributed by atoms with Crippen LogP contribution in [0.4, 0.5) is 0 Å². The van der Waals surface area contributed by atoms with Gasteiger partial charge in [0.25, 0.3) is 0 Å². The molecule has 5 heteroatoms. The Morgan fingerprint density at radius 3 is 2.75 bits per heavy atom. The van der Waals surface area contributed by atoms with E-state index in [2.05, 4.69) is 15.0 Å². The summed E-state index contributed by atoms with van der Waals surface area (Å²) in [5.41, 5.74) is 2.60. The Hall–Kier alpha value is -2.11. The molecule has 0 saturated heterocycles. The summed E-state index contributed by atoms with van der Waals surface area (Å²) in [6.45, 7) is 0. The molecule has 0 aliphatic heterocycles. The van der Waals surface area contributed by atoms with Gasteiger partial charge in [0.15, 0.2) is 0 Å². The third-order valence-corrected chi connectivity index (χ3v) is 3.78. The van der Waals surface area contributed by atoms with Crippen molar-refractivity contribution in [1.82, 2.24) is 15.0 Å². The average Bonchev–Trinajstić information content (AvgIpc) is 2.97. The molecule has 1 atom stereocenters. The van der Waals surface area contributed by atoms with Crippen LogP contribution in [0.5, 0.6) is 0 Å². The van der Waals surface area contributed by atoms with E-state index in [0.29, 0.717) is 12.1 Å². The first-order valence-electron chi connectivity index (χ1n) is 6.27. The highest BCUT2D eigenvalue weighted by atomic mass is 32.1. The van der Waals surface area contributed by atoms with Crippen molar-refractivity contribution in [3.63, 3.8) is 0 Å². The van der Waals surface area contributed by atoms with Gasteiger partial charge in [0, 0.05) is 29.8 Å². The molecular formula is C15H13N3OS. The van der Waals surface area contributed by atoms with Crippen LogP contribution in [-0.4, -0.2) is 20.1 Å². The predicted octanol–water partition coefficient (Wildman–Crippen LogP) is 2.88. The molecule has 4 nitrogen and oxygen atoms in total. The van der Waals surface area contributed by atoms with Crippen LogP contribution in [0, 0.1) is 0 Å². The second-order valence-corrected chi connectivity index (χ2v) is 5.29. The van der Waals surface area contributed by atoms with E-state index in [0.717, 1.165) is 16.3 Å². The Kier molecular flexibility index (Phi) is 3.80. The number of hydrogen-bond acceptors (Lipinski definition) is 5. The smallest absolute Gasteiger partial charge is 0.104 e. The van der Waals surface area contributed by atoms with E-state index in [-0.39, 0.29) is 0 Å². The minimum atomic E-state index is -0.668. The summed E-state index contributed by atoms with van der Waals surface area (Å²) < 4.78 is 0. The quantitative estimate of drug-likeness (QED) is 0.800. The van der Waals surface area contributed by atoms with Crippen molar-refractivity contribution in [3.8, 4) is 11.3 Å². The molecule has 0 aliphatic carbocycles. The molecule has 0 spiro atoms. The number of benzene rings is 1. The van der Waals surface area contributed by atoms with E-state index in [9.17, 15) is 5.11 Å². The molecular weight excluding hydrogens is 270 g/mol. The third-order valence-electron chi connectivity index (χ3n) is 2.91. The van der Waals surface area contributed by atoms with E-state index < -0.39 is 6.10 Å². The maximum absolute atomic E-state index is 10.1. The van der Waals surface area contributed by atoms with Gasteiger partial charge in [-0.15, -0.1) is 11.3 Å². The monoisotopic (exact) mass is 283 g/mol. The number of aromatic nitrogens is 3. The van der Waals surface area contributed by atoms with Crippen LogP contribution in [0.3, 0.4) is 0 Å². The first-order chi connectivity index (χ1) is 9.83. The lowest BCUT2D eigenvalue weighted by atomic mass is 10.2. The maximum atomic E-state index is 10.1. The Bertz CT molecular complexity index is 670. The molecule has 0 aliphatic rings. The van der Waals surface area contributed by atoms with Crippen molar-refractivity contribution in [2.75, 3.05) is 0 Å². The van der Waals surface area contributed by atoms with Gasteiger partial charge in [-0.1, -0.05) is 30.3 Å². The first kappa shape index (κ1) is 12.9. The zero-order valence-corrected chi connectivity index (χ0v) is 11.5. The van der Waals surface area contributed by atoms with Crippen LogP contribution in [0.2, 0.25) is 0 Å². The van der Waals surface area contributed by atoms with Crippen LogP contribution >= 0.6 is 11.3 Å². The third kappa shape index (κ3) is 2.89. The lowest BCUT2D eigenvalue weighted by Crippen LogP contribution is -2.04. The largest absolute Gasteiger partial charge is 0.386 e. The molecule has 0 fully saturated rings. The number of rotatable bonds is 4. The van der Waals surface area contributed by atoms with Crippen LogP contribution in [0.25, 0.3) is 11.3 Å². The van der Waals surface area contributed by atoms with E-state index in [1.165, 1.54) is 0 Å². The molecule has 1 N–H and O–H groups in total. The fraction of sp³-hybridized carbons (Fsp3) is 0.133. The molecule has 2 aromatic heterocycles. The summed E-state index contributed by atoms with van der Waals surface area (Å²) in [4.78, 5) is 12.6. The number of aliphatic hydroxyl groups excluding tert-OH is 1. The van der Waals surface area contributed by atoms with Crippen LogP contribution in [0.1, 0.15) is 16.8 Å². The highest BCUT2D eigenvalue weighted by molar-refractivity contribution is 7.09. The minimum absolute atomic E-state index is 0.455. The molecule has 0 radical (unpaired) electrons. The fourth-order valence-electron chi connectivity index (χ4n) is 1.90. The summed E-state index contributed by atoms with van der Waals surface area (Å²) in [6.07, 6.45) is 4.54. The lowest BCUT2D eigenvalue weighted by Gasteiger charge is -2.06. The summed E-state index contributed by atoms with van der Waals surface area (Å²) in [7, 11) is 0. The van der Waals surface area contributed by atoms with E-state index in [1.807, 2.05) is 35.7 Å². The van der Waals surface area contributed by atoms with Gasteiger partial charge < -0.3 is 5.11 Å². The molecule has 0 saturated carbocycles. The molecule has 2 heterocycles. The van der Waals surface area contributed by atoms with Gasteiger partial charge in [-0.3, -0.25) is 9.97 Å². The van der Waals surface area contributed by atoms with Gasteiger partial charge in [0.1, 0.15) is 6.10 Å². The predicted molar refractivity (Wildman–Crippen MR) is 78.2 cm³/mol. The zero-order chi connectivity index (χ0) is 13.8. The maximum Gasteiger partial charge on any atom is 0.104 e. The molecule has 3 aromatic rings. The number of aliphatic hydroxyl groups is 1. The highest BCUT2D eigenvalue weighted by Gasteiger charge is 2.13. The zero-order valence-electron chi connectivity index (χ0n) is 10.7. The Labute approximate surface area is 120 Å². The van der Waals surface area contributed by atoms with E-state index in [1.54, 1.807) is 29.9 Å². The second kappa shape index (κ2) is 5.90. The Morgan fingerprint density at radius 2 is 2.00 bits per heavy atom. The van der Waals surface area contributed by atoms with Crippen molar-refractivity contribution in [3.05, 3.63) is 65.0 Å².